The number of nitrogens with zero attached hydrogens (tertiary/aromatic N) is 2. The summed E-state index contributed by atoms with van der Waals surface area (Å²) < 4.78 is 44.4. The minimum atomic E-state index is -4.50. The second kappa shape index (κ2) is 8.48. The second-order valence-electron chi connectivity index (χ2n) is 7.70. The third-order valence-corrected chi connectivity index (χ3v) is 5.68. The summed E-state index contributed by atoms with van der Waals surface area (Å²) in [7, 11) is 0. The Hall–Kier alpha value is -1.79. The van der Waals surface area contributed by atoms with Crippen LogP contribution >= 0.6 is 0 Å². The van der Waals surface area contributed by atoms with Crippen LogP contribution in [-0.4, -0.2) is 35.0 Å². The van der Waals surface area contributed by atoms with Gasteiger partial charge < -0.3 is 9.64 Å². The highest BCUT2D eigenvalue weighted by molar-refractivity contribution is 5.79. The largest absolute Gasteiger partial charge is 0.470 e. The summed E-state index contributed by atoms with van der Waals surface area (Å²) in [6.07, 6.45) is 4.13. The molecule has 0 atom stereocenters. The molecule has 1 aromatic heterocycles. The van der Waals surface area contributed by atoms with Gasteiger partial charge in [0.25, 0.3) is 0 Å². The molecule has 1 saturated heterocycles. The quantitative estimate of drug-likeness (QED) is 0.715. The molecule has 1 aromatic rings. The zero-order chi connectivity index (χ0) is 19.4. The molecule has 0 N–H and O–H groups in total. The number of halogens is 3. The van der Waals surface area contributed by atoms with Crippen LogP contribution in [0.25, 0.3) is 0 Å². The molecule has 3 rings (SSSR count). The average Bonchev–Trinajstić information content (AvgIpc) is 2.62. The summed E-state index contributed by atoms with van der Waals surface area (Å²) in [6, 6.07) is 2.20. The highest BCUT2D eigenvalue weighted by Crippen LogP contribution is 2.36. The fourth-order valence-corrected chi connectivity index (χ4v) is 4.00. The van der Waals surface area contributed by atoms with Crippen LogP contribution in [0.4, 0.5) is 13.2 Å². The van der Waals surface area contributed by atoms with Gasteiger partial charge in [-0.1, -0.05) is 26.2 Å². The van der Waals surface area contributed by atoms with Crippen molar-refractivity contribution in [3.05, 3.63) is 23.9 Å². The van der Waals surface area contributed by atoms with Gasteiger partial charge in [-0.15, -0.1) is 0 Å². The van der Waals surface area contributed by atoms with Crippen LogP contribution in [0.3, 0.4) is 0 Å². The standard InChI is InChI=1S/C20H27F3N2O2/c1-2-3-5-14-7-9-15(10-8-14)19(26)25-12-16(13-25)27-18-17(20(21,22)23)6-4-11-24-18/h4,6,11,14-16H,2-3,5,7-10,12-13H2,1H3. The third kappa shape index (κ3) is 4.93. The molecule has 7 heteroatoms. The van der Waals surface area contributed by atoms with Crippen LogP contribution in [-0.2, 0) is 11.0 Å². The van der Waals surface area contributed by atoms with Gasteiger partial charge in [-0.3, -0.25) is 4.79 Å². The van der Waals surface area contributed by atoms with E-state index >= 15 is 0 Å². The van der Waals surface area contributed by atoms with E-state index in [1.165, 1.54) is 31.5 Å². The predicted molar refractivity (Wildman–Crippen MR) is 95.2 cm³/mol. The van der Waals surface area contributed by atoms with Gasteiger partial charge in [-0.2, -0.15) is 13.2 Å². The lowest BCUT2D eigenvalue weighted by molar-refractivity contribution is -0.148. The number of rotatable bonds is 6. The SMILES string of the molecule is CCCCC1CCC(C(=O)N2CC(Oc3ncccc3C(F)(F)F)C2)CC1. The van der Waals surface area contributed by atoms with E-state index in [9.17, 15) is 18.0 Å². The van der Waals surface area contributed by atoms with Crippen LogP contribution in [0, 0.1) is 11.8 Å². The minimum Gasteiger partial charge on any atom is -0.470 e. The number of likely N-dealkylation sites (tertiary alicyclic amines) is 1. The lowest BCUT2D eigenvalue weighted by Gasteiger charge is -2.41. The molecule has 1 aliphatic heterocycles. The van der Waals surface area contributed by atoms with Gasteiger partial charge in [-0.25, -0.2) is 4.98 Å². The van der Waals surface area contributed by atoms with Crippen LogP contribution in [0.2, 0.25) is 0 Å². The maximum absolute atomic E-state index is 13.0. The Labute approximate surface area is 158 Å². The van der Waals surface area contributed by atoms with Crippen molar-refractivity contribution >= 4 is 5.91 Å². The molecule has 0 spiro atoms. The first kappa shape index (κ1) is 20.0. The summed E-state index contributed by atoms with van der Waals surface area (Å²) in [5.41, 5.74) is -0.875. The smallest absolute Gasteiger partial charge is 0.421 e. The molecular weight excluding hydrogens is 357 g/mol. The Balaban J connectivity index is 1.46. The van der Waals surface area contributed by atoms with Crippen LogP contribution in [0.15, 0.2) is 18.3 Å². The van der Waals surface area contributed by atoms with Gasteiger partial charge >= 0.3 is 6.18 Å². The molecule has 2 aliphatic rings. The molecule has 2 fully saturated rings. The monoisotopic (exact) mass is 384 g/mol. The van der Waals surface area contributed by atoms with E-state index in [0.717, 1.165) is 37.7 Å². The molecule has 0 bridgehead atoms. The minimum absolute atomic E-state index is 0.0596. The van der Waals surface area contributed by atoms with Crippen LogP contribution in [0.5, 0.6) is 5.88 Å². The number of hydrogen-bond donors (Lipinski definition) is 0. The van der Waals surface area contributed by atoms with Gasteiger partial charge in [-0.05, 0) is 43.7 Å². The number of carbonyl (C=O) groups is 1. The number of ether oxygens (including phenoxy) is 1. The number of hydrogen-bond acceptors (Lipinski definition) is 3. The average molecular weight is 384 g/mol. The predicted octanol–water partition coefficient (Wildman–Crippen LogP) is 4.69. The molecule has 150 valence electrons. The van der Waals surface area contributed by atoms with Crippen LogP contribution in [0.1, 0.15) is 57.4 Å². The summed E-state index contributed by atoms with van der Waals surface area (Å²) in [6.45, 7) is 2.87. The number of unbranched alkanes of at least 4 members (excludes halogenated alkanes) is 1. The topological polar surface area (TPSA) is 42.4 Å². The summed E-state index contributed by atoms with van der Waals surface area (Å²) >= 11 is 0. The Kier molecular flexibility index (Phi) is 6.27. The van der Waals surface area contributed by atoms with Crippen molar-refractivity contribution < 1.29 is 22.7 Å². The van der Waals surface area contributed by atoms with Gasteiger partial charge in [0.2, 0.25) is 11.8 Å². The lowest BCUT2D eigenvalue weighted by Crippen LogP contribution is -2.58. The Morgan fingerprint density at radius 2 is 1.96 bits per heavy atom. The molecule has 4 nitrogen and oxygen atoms in total. The van der Waals surface area contributed by atoms with Crippen molar-refractivity contribution in [2.45, 2.75) is 64.1 Å². The number of carbonyl (C=O) groups excluding carboxylic acids is 1. The van der Waals surface area contributed by atoms with E-state index in [4.69, 9.17) is 4.74 Å². The van der Waals surface area contributed by atoms with Crippen molar-refractivity contribution in [2.24, 2.45) is 11.8 Å². The molecule has 1 amide bonds. The van der Waals surface area contributed by atoms with Gasteiger partial charge in [0, 0.05) is 12.1 Å². The highest BCUT2D eigenvalue weighted by Gasteiger charge is 2.40. The van der Waals surface area contributed by atoms with Crippen molar-refractivity contribution in [1.29, 1.82) is 0 Å². The second-order valence-corrected chi connectivity index (χ2v) is 7.70. The molecule has 27 heavy (non-hydrogen) atoms. The van der Waals surface area contributed by atoms with E-state index < -0.39 is 23.7 Å². The fourth-order valence-electron chi connectivity index (χ4n) is 4.00. The number of amides is 1. The number of pyridine rings is 1. The molecule has 2 heterocycles. The molecule has 0 radical (unpaired) electrons. The van der Waals surface area contributed by atoms with E-state index in [0.29, 0.717) is 13.1 Å². The van der Waals surface area contributed by atoms with Gasteiger partial charge in [0.05, 0.1) is 13.1 Å². The summed E-state index contributed by atoms with van der Waals surface area (Å²) in [5, 5.41) is 0. The third-order valence-electron chi connectivity index (χ3n) is 5.68. The van der Waals surface area contributed by atoms with E-state index in [1.54, 1.807) is 4.90 Å². The number of aromatic nitrogens is 1. The van der Waals surface area contributed by atoms with E-state index in [1.807, 2.05) is 0 Å². The zero-order valence-corrected chi connectivity index (χ0v) is 15.7. The lowest BCUT2D eigenvalue weighted by atomic mass is 9.79. The first-order valence-electron chi connectivity index (χ1n) is 9.86. The Bertz CT molecular complexity index is 636. The Morgan fingerprint density at radius 1 is 1.26 bits per heavy atom. The van der Waals surface area contributed by atoms with Gasteiger partial charge in [0.1, 0.15) is 11.7 Å². The molecule has 0 unspecified atom stereocenters. The van der Waals surface area contributed by atoms with Crippen molar-refractivity contribution in [2.75, 3.05) is 13.1 Å². The van der Waals surface area contributed by atoms with Crippen molar-refractivity contribution in [3.63, 3.8) is 0 Å². The van der Waals surface area contributed by atoms with Crippen molar-refractivity contribution in [1.82, 2.24) is 9.88 Å². The summed E-state index contributed by atoms with van der Waals surface area (Å²) in [4.78, 5) is 18.0. The fraction of sp³-hybridized carbons (Fsp3) is 0.700. The molecular formula is C20H27F3N2O2. The number of alkyl halides is 3. The van der Waals surface area contributed by atoms with Crippen LogP contribution < -0.4 is 4.74 Å². The maximum atomic E-state index is 13.0. The van der Waals surface area contributed by atoms with Gasteiger partial charge in [0.15, 0.2) is 0 Å². The van der Waals surface area contributed by atoms with E-state index in [2.05, 4.69) is 11.9 Å². The maximum Gasteiger partial charge on any atom is 0.421 e. The first-order valence-corrected chi connectivity index (χ1v) is 9.86. The Morgan fingerprint density at radius 3 is 2.59 bits per heavy atom. The zero-order valence-electron chi connectivity index (χ0n) is 15.7. The first-order chi connectivity index (χ1) is 12.9. The van der Waals surface area contributed by atoms with E-state index in [-0.39, 0.29) is 11.8 Å². The molecule has 1 aliphatic carbocycles. The molecule has 1 saturated carbocycles. The summed E-state index contributed by atoms with van der Waals surface area (Å²) in [5.74, 6) is 0.523. The molecule has 0 aromatic carbocycles. The normalized spacial score (nSPS) is 23.8. The van der Waals surface area contributed by atoms with Crippen molar-refractivity contribution in [3.8, 4) is 5.88 Å². The highest BCUT2D eigenvalue weighted by atomic mass is 19.4.